The first-order valence-electron chi connectivity index (χ1n) is 10.2. The molecule has 0 bridgehead atoms. The Morgan fingerprint density at radius 2 is 1.77 bits per heavy atom. The van der Waals surface area contributed by atoms with Gasteiger partial charge in [-0.05, 0) is 74.2 Å². The minimum absolute atomic E-state index is 0.000311. The van der Waals surface area contributed by atoms with Crippen LogP contribution in [0, 0.1) is 13.8 Å². The Morgan fingerprint density at radius 3 is 2.50 bits per heavy atom. The number of carbonyl (C=O) groups is 2. The zero-order valence-electron chi connectivity index (χ0n) is 17.2. The third-order valence-corrected chi connectivity index (χ3v) is 5.61. The molecule has 2 aromatic carbocycles. The fourth-order valence-electron chi connectivity index (χ4n) is 4.10. The molecule has 0 atom stereocenters. The molecule has 1 aliphatic heterocycles. The highest BCUT2D eigenvalue weighted by Gasteiger charge is 2.26. The Kier molecular flexibility index (Phi) is 5.36. The molecule has 5 heteroatoms. The van der Waals surface area contributed by atoms with Gasteiger partial charge in [0.25, 0.3) is 5.56 Å². The van der Waals surface area contributed by atoms with E-state index in [0.29, 0.717) is 30.4 Å². The molecule has 1 aliphatic rings. The van der Waals surface area contributed by atoms with Gasteiger partial charge in [-0.25, -0.2) is 0 Å². The number of hydrogen-bond donors (Lipinski definition) is 1. The Hall–Kier alpha value is -3.47. The number of ketones is 1. The van der Waals surface area contributed by atoms with E-state index in [9.17, 15) is 14.4 Å². The van der Waals surface area contributed by atoms with E-state index in [-0.39, 0.29) is 23.7 Å². The number of H-pyrrole nitrogens is 1. The minimum Gasteiger partial charge on any atom is -0.326 e. The van der Waals surface area contributed by atoms with Crippen LogP contribution in [-0.4, -0.2) is 16.7 Å². The molecule has 0 saturated heterocycles. The maximum Gasteiger partial charge on any atom is 0.251 e. The average Bonchev–Trinajstić information content (AvgIpc) is 2.73. The number of anilines is 2. The summed E-state index contributed by atoms with van der Waals surface area (Å²) in [5.41, 5.74) is 5.55. The smallest absolute Gasteiger partial charge is 0.251 e. The standard InChI is InChI=1S/C25H24N2O3/c1-16-14-17(2)26-25(30)21(16)10-12-23(28)19-8-11-22-18(15-19)9-13-24(29)27(22)20-6-4-3-5-7-20/h3-8,11,14-15H,9-10,12-13H2,1-2H3,(H,26,30). The molecule has 0 spiro atoms. The number of nitrogens with zero attached hydrogens (tertiary/aromatic N) is 1. The van der Waals surface area contributed by atoms with E-state index in [2.05, 4.69) is 4.98 Å². The highest BCUT2D eigenvalue weighted by molar-refractivity contribution is 6.04. The number of hydrogen-bond acceptors (Lipinski definition) is 3. The van der Waals surface area contributed by atoms with Gasteiger partial charge in [0.2, 0.25) is 5.91 Å². The van der Waals surface area contributed by atoms with Crippen molar-refractivity contribution in [3.05, 3.63) is 92.9 Å². The summed E-state index contributed by atoms with van der Waals surface area (Å²) in [6.07, 6.45) is 1.71. The van der Waals surface area contributed by atoms with E-state index in [1.54, 1.807) is 11.0 Å². The second-order valence-electron chi connectivity index (χ2n) is 7.77. The molecule has 1 aromatic heterocycles. The van der Waals surface area contributed by atoms with Crippen LogP contribution in [0.5, 0.6) is 0 Å². The van der Waals surface area contributed by atoms with Gasteiger partial charge in [0.1, 0.15) is 0 Å². The van der Waals surface area contributed by atoms with Crippen LogP contribution >= 0.6 is 0 Å². The number of para-hydroxylation sites is 1. The first-order chi connectivity index (χ1) is 14.4. The number of pyridine rings is 1. The van der Waals surface area contributed by atoms with Gasteiger partial charge >= 0.3 is 0 Å². The number of benzene rings is 2. The van der Waals surface area contributed by atoms with Crippen molar-refractivity contribution in [1.82, 2.24) is 4.98 Å². The first kappa shape index (κ1) is 19.8. The summed E-state index contributed by atoms with van der Waals surface area (Å²) in [6.45, 7) is 3.75. The quantitative estimate of drug-likeness (QED) is 0.645. The third-order valence-electron chi connectivity index (χ3n) is 5.61. The fourth-order valence-corrected chi connectivity index (χ4v) is 4.10. The summed E-state index contributed by atoms with van der Waals surface area (Å²) in [5.74, 6) is 0.0576. The Labute approximate surface area is 175 Å². The zero-order chi connectivity index (χ0) is 21.3. The van der Waals surface area contributed by atoms with Gasteiger partial charge < -0.3 is 4.98 Å². The number of rotatable bonds is 5. The molecule has 1 N–H and O–H groups in total. The highest BCUT2D eigenvalue weighted by Crippen LogP contribution is 2.34. The van der Waals surface area contributed by atoms with E-state index in [1.165, 1.54) is 0 Å². The molecule has 0 saturated carbocycles. The molecular formula is C25H24N2O3. The van der Waals surface area contributed by atoms with Crippen LogP contribution in [0.3, 0.4) is 0 Å². The lowest BCUT2D eigenvalue weighted by molar-refractivity contribution is -0.118. The minimum atomic E-state index is -0.122. The monoisotopic (exact) mass is 400 g/mol. The van der Waals surface area contributed by atoms with E-state index >= 15 is 0 Å². The second kappa shape index (κ2) is 8.11. The normalized spacial score (nSPS) is 13.3. The number of aryl methyl sites for hydroxylation is 3. The number of nitrogens with one attached hydrogen (secondary N) is 1. The fraction of sp³-hybridized carbons (Fsp3) is 0.240. The summed E-state index contributed by atoms with van der Waals surface area (Å²) in [6, 6.07) is 17.0. The number of aromatic amines is 1. The van der Waals surface area contributed by atoms with Gasteiger partial charge in [0, 0.05) is 35.3 Å². The van der Waals surface area contributed by atoms with Crippen molar-refractivity contribution >= 4 is 23.1 Å². The van der Waals surface area contributed by atoms with E-state index < -0.39 is 0 Å². The Bertz CT molecular complexity index is 1180. The second-order valence-corrected chi connectivity index (χ2v) is 7.77. The van der Waals surface area contributed by atoms with Gasteiger partial charge in [-0.2, -0.15) is 0 Å². The van der Waals surface area contributed by atoms with Crippen molar-refractivity contribution in [2.45, 2.75) is 39.5 Å². The molecule has 152 valence electrons. The molecule has 0 fully saturated rings. The van der Waals surface area contributed by atoms with Gasteiger partial charge in [0.05, 0.1) is 5.69 Å². The van der Waals surface area contributed by atoms with E-state index in [4.69, 9.17) is 0 Å². The summed E-state index contributed by atoms with van der Waals surface area (Å²) >= 11 is 0. The van der Waals surface area contributed by atoms with Crippen molar-refractivity contribution in [2.24, 2.45) is 0 Å². The largest absolute Gasteiger partial charge is 0.326 e. The molecule has 30 heavy (non-hydrogen) atoms. The molecule has 2 heterocycles. The topological polar surface area (TPSA) is 70.2 Å². The number of Topliss-reactive ketones (excluding diaryl/α,β-unsaturated/α-hetero) is 1. The van der Waals surface area contributed by atoms with E-state index in [0.717, 1.165) is 28.2 Å². The van der Waals surface area contributed by atoms with Crippen molar-refractivity contribution in [3.8, 4) is 0 Å². The molecule has 0 radical (unpaired) electrons. The molecule has 0 unspecified atom stereocenters. The van der Waals surface area contributed by atoms with Crippen molar-refractivity contribution < 1.29 is 9.59 Å². The van der Waals surface area contributed by atoms with Crippen LogP contribution in [0.4, 0.5) is 11.4 Å². The van der Waals surface area contributed by atoms with Gasteiger partial charge in [-0.1, -0.05) is 18.2 Å². The SMILES string of the molecule is Cc1cc(C)c(CCC(=O)c2ccc3c(c2)CCC(=O)N3c2ccccc2)c(=O)[nH]1. The van der Waals surface area contributed by atoms with Crippen molar-refractivity contribution in [3.63, 3.8) is 0 Å². The summed E-state index contributed by atoms with van der Waals surface area (Å²) in [4.78, 5) is 42.1. The van der Waals surface area contributed by atoms with Crippen molar-refractivity contribution in [2.75, 3.05) is 4.90 Å². The van der Waals surface area contributed by atoms with Gasteiger partial charge in [-0.3, -0.25) is 19.3 Å². The van der Waals surface area contributed by atoms with Crippen LogP contribution in [-0.2, 0) is 17.6 Å². The molecule has 3 aromatic rings. The van der Waals surface area contributed by atoms with Gasteiger partial charge in [-0.15, -0.1) is 0 Å². The van der Waals surface area contributed by atoms with Crippen LogP contribution < -0.4 is 10.5 Å². The lowest BCUT2D eigenvalue weighted by Crippen LogP contribution is -2.30. The van der Waals surface area contributed by atoms with Crippen LogP contribution in [0.2, 0.25) is 0 Å². The van der Waals surface area contributed by atoms with Gasteiger partial charge in [0.15, 0.2) is 5.78 Å². The lowest BCUT2D eigenvalue weighted by Gasteiger charge is -2.29. The molecule has 5 nitrogen and oxygen atoms in total. The van der Waals surface area contributed by atoms with Crippen LogP contribution in [0.15, 0.2) is 59.4 Å². The molecular weight excluding hydrogens is 376 g/mol. The first-order valence-corrected chi connectivity index (χ1v) is 10.2. The summed E-state index contributed by atoms with van der Waals surface area (Å²) < 4.78 is 0. The predicted molar refractivity (Wildman–Crippen MR) is 118 cm³/mol. The zero-order valence-corrected chi connectivity index (χ0v) is 17.2. The average molecular weight is 400 g/mol. The molecule has 1 amide bonds. The highest BCUT2D eigenvalue weighted by atomic mass is 16.2. The van der Waals surface area contributed by atoms with Crippen LogP contribution in [0.25, 0.3) is 0 Å². The van der Waals surface area contributed by atoms with E-state index in [1.807, 2.05) is 62.4 Å². The predicted octanol–water partition coefficient (Wildman–Crippen LogP) is 4.42. The maximum atomic E-state index is 12.8. The lowest BCUT2D eigenvalue weighted by atomic mass is 9.95. The Balaban J connectivity index is 1.56. The summed E-state index contributed by atoms with van der Waals surface area (Å²) in [7, 11) is 0. The Morgan fingerprint density at radius 1 is 1.00 bits per heavy atom. The van der Waals surface area contributed by atoms with Crippen LogP contribution in [0.1, 0.15) is 45.6 Å². The number of fused-ring (bicyclic) bond motifs is 1. The number of carbonyl (C=O) groups excluding carboxylic acids is 2. The third kappa shape index (κ3) is 3.83. The number of aromatic nitrogens is 1. The number of amides is 1. The molecule has 0 aliphatic carbocycles. The molecule has 4 rings (SSSR count). The summed E-state index contributed by atoms with van der Waals surface area (Å²) in [5, 5.41) is 0. The maximum absolute atomic E-state index is 12.8. The van der Waals surface area contributed by atoms with Crippen molar-refractivity contribution in [1.29, 1.82) is 0 Å².